The van der Waals surface area contributed by atoms with Crippen molar-refractivity contribution in [1.82, 2.24) is 10.3 Å². The first-order chi connectivity index (χ1) is 14.1. The lowest BCUT2D eigenvalue weighted by molar-refractivity contribution is -0.144. The number of ether oxygens (including phenoxy) is 1. The molecule has 2 aromatic carbocycles. The van der Waals surface area contributed by atoms with Gasteiger partial charge in [-0.05, 0) is 43.9 Å². The Kier molecular flexibility index (Phi) is 7.76. The van der Waals surface area contributed by atoms with Gasteiger partial charge in [-0.25, -0.2) is 4.98 Å². The van der Waals surface area contributed by atoms with Crippen molar-refractivity contribution in [1.29, 1.82) is 0 Å². The molecule has 0 spiro atoms. The lowest BCUT2D eigenvalue weighted by atomic mass is 10.1. The number of nitrogens with one attached hydrogen (secondary N) is 1. The summed E-state index contributed by atoms with van der Waals surface area (Å²) in [6.45, 7) is 2.59. The fourth-order valence-electron chi connectivity index (χ4n) is 2.94. The smallest absolute Gasteiger partial charge is 0.305 e. The van der Waals surface area contributed by atoms with Gasteiger partial charge in [-0.3, -0.25) is 9.59 Å². The summed E-state index contributed by atoms with van der Waals surface area (Å²) in [6.07, 6.45) is 2.97. The maximum absolute atomic E-state index is 11.9. The van der Waals surface area contributed by atoms with E-state index < -0.39 is 0 Å². The first-order valence-electron chi connectivity index (χ1n) is 9.92. The molecule has 1 amide bonds. The number of aromatic nitrogens is 1. The predicted molar refractivity (Wildman–Crippen MR) is 116 cm³/mol. The van der Waals surface area contributed by atoms with Crippen LogP contribution in [0.2, 0.25) is 0 Å². The molecule has 0 radical (unpaired) electrons. The molecule has 0 saturated carbocycles. The summed E-state index contributed by atoms with van der Waals surface area (Å²) in [4.78, 5) is 28.3. The number of amides is 1. The second-order valence-corrected chi connectivity index (χ2v) is 8.10. The van der Waals surface area contributed by atoms with E-state index in [-0.39, 0.29) is 18.5 Å². The van der Waals surface area contributed by atoms with E-state index in [0.29, 0.717) is 32.2 Å². The van der Waals surface area contributed by atoms with Gasteiger partial charge in [0.05, 0.1) is 21.8 Å². The van der Waals surface area contributed by atoms with E-state index >= 15 is 0 Å². The third-order valence-electron chi connectivity index (χ3n) is 4.56. The van der Waals surface area contributed by atoms with Crippen LogP contribution in [0.5, 0.6) is 0 Å². The Morgan fingerprint density at radius 1 is 1.03 bits per heavy atom. The number of benzene rings is 2. The van der Waals surface area contributed by atoms with Crippen molar-refractivity contribution in [2.75, 3.05) is 13.2 Å². The van der Waals surface area contributed by atoms with Crippen molar-refractivity contribution in [2.45, 2.75) is 39.0 Å². The monoisotopic (exact) mass is 410 g/mol. The van der Waals surface area contributed by atoms with Gasteiger partial charge in [0.25, 0.3) is 0 Å². The summed E-state index contributed by atoms with van der Waals surface area (Å²) in [5, 5.41) is 3.83. The van der Waals surface area contributed by atoms with E-state index in [1.54, 1.807) is 11.3 Å². The van der Waals surface area contributed by atoms with Crippen LogP contribution in [0.1, 0.15) is 35.4 Å². The molecule has 3 rings (SSSR count). The van der Waals surface area contributed by atoms with Crippen LogP contribution in [0.25, 0.3) is 10.2 Å². The second-order valence-electron chi connectivity index (χ2n) is 6.98. The number of para-hydroxylation sites is 1. The van der Waals surface area contributed by atoms with Crippen molar-refractivity contribution < 1.29 is 14.3 Å². The lowest BCUT2D eigenvalue weighted by Gasteiger charge is -2.07. The van der Waals surface area contributed by atoms with Crippen molar-refractivity contribution >= 4 is 33.4 Å². The van der Waals surface area contributed by atoms with Gasteiger partial charge in [0.15, 0.2) is 0 Å². The molecular weight excluding hydrogens is 384 g/mol. The molecule has 0 atom stereocenters. The Balaban J connectivity index is 1.25. The molecule has 1 heterocycles. The molecule has 6 heteroatoms. The van der Waals surface area contributed by atoms with Gasteiger partial charge in [0.1, 0.15) is 6.61 Å². The number of carbonyl (C=O) groups excluding carboxylic acids is 2. The first kappa shape index (κ1) is 21.0. The zero-order chi connectivity index (χ0) is 20.5. The van der Waals surface area contributed by atoms with Crippen LogP contribution in [-0.2, 0) is 27.2 Å². The zero-order valence-corrected chi connectivity index (χ0v) is 17.5. The standard InChI is InChI=1S/C23H26N2O3S/c1-17-9-11-18(12-10-17)13-14-21(26)24-15-16-28-23(27)8-4-7-22-25-19-5-2-3-6-20(19)29-22/h2-3,5-6,9-12H,4,7-8,13-16H2,1H3,(H,24,26). The van der Waals surface area contributed by atoms with Gasteiger partial charge in [-0.15, -0.1) is 11.3 Å². The van der Waals surface area contributed by atoms with Gasteiger partial charge in [0.2, 0.25) is 5.91 Å². The van der Waals surface area contributed by atoms with Crippen LogP contribution < -0.4 is 5.32 Å². The van der Waals surface area contributed by atoms with Crippen LogP contribution in [0.4, 0.5) is 0 Å². The molecule has 0 unspecified atom stereocenters. The van der Waals surface area contributed by atoms with Crippen LogP contribution in [0, 0.1) is 6.92 Å². The molecule has 1 aromatic heterocycles. The highest BCUT2D eigenvalue weighted by atomic mass is 32.1. The third-order valence-corrected chi connectivity index (χ3v) is 5.65. The van der Waals surface area contributed by atoms with E-state index in [0.717, 1.165) is 22.5 Å². The lowest BCUT2D eigenvalue weighted by Crippen LogP contribution is -2.28. The molecule has 0 aliphatic heterocycles. The molecule has 0 aliphatic rings. The number of hydrogen-bond acceptors (Lipinski definition) is 5. The Bertz CT molecular complexity index is 917. The fraction of sp³-hybridized carbons (Fsp3) is 0.348. The topological polar surface area (TPSA) is 68.3 Å². The summed E-state index contributed by atoms with van der Waals surface area (Å²) in [7, 11) is 0. The Morgan fingerprint density at radius 3 is 2.62 bits per heavy atom. The van der Waals surface area contributed by atoms with Crippen molar-refractivity contribution in [3.05, 3.63) is 64.7 Å². The molecular formula is C23H26N2O3S. The average Bonchev–Trinajstić information content (AvgIpc) is 3.13. The molecule has 152 valence electrons. The highest BCUT2D eigenvalue weighted by molar-refractivity contribution is 7.18. The molecule has 5 nitrogen and oxygen atoms in total. The first-order valence-corrected chi connectivity index (χ1v) is 10.7. The number of nitrogens with zero attached hydrogens (tertiary/aromatic N) is 1. The minimum absolute atomic E-state index is 0.0301. The van der Waals surface area contributed by atoms with Crippen LogP contribution >= 0.6 is 11.3 Å². The normalized spacial score (nSPS) is 10.8. The minimum Gasteiger partial charge on any atom is -0.464 e. The van der Waals surface area contributed by atoms with E-state index in [1.165, 1.54) is 10.3 Å². The number of carbonyl (C=O) groups is 2. The maximum atomic E-state index is 11.9. The SMILES string of the molecule is Cc1ccc(CCC(=O)NCCOC(=O)CCCc2nc3ccccc3s2)cc1. The van der Waals surface area contributed by atoms with Crippen LogP contribution in [0.3, 0.4) is 0 Å². The molecule has 1 N–H and O–H groups in total. The quantitative estimate of drug-likeness (QED) is 0.401. The fourth-order valence-corrected chi connectivity index (χ4v) is 3.95. The predicted octanol–water partition coefficient (Wildman–Crippen LogP) is 4.22. The molecule has 3 aromatic rings. The molecule has 0 aliphatic carbocycles. The highest BCUT2D eigenvalue weighted by Crippen LogP contribution is 2.22. The van der Waals surface area contributed by atoms with Crippen molar-refractivity contribution in [2.24, 2.45) is 0 Å². The van der Waals surface area contributed by atoms with Crippen molar-refractivity contribution in [3.63, 3.8) is 0 Å². The summed E-state index contributed by atoms with van der Waals surface area (Å²) in [6, 6.07) is 16.2. The van der Waals surface area contributed by atoms with Gasteiger partial charge in [-0.1, -0.05) is 42.0 Å². The summed E-state index contributed by atoms with van der Waals surface area (Å²) < 4.78 is 6.36. The maximum Gasteiger partial charge on any atom is 0.305 e. The molecule has 0 fully saturated rings. The molecule has 0 bridgehead atoms. The van der Waals surface area contributed by atoms with E-state index in [9.17, 15) is 9.59 Å². The largest absolute Gasteiger partial charge is 0.464 e. The number of esters is 1. The minimum atomic E-state index is -0.236. The van der Waals surface area contributed by atoms with E-state index in [2.05, 4.69) is 16.4 Å². The third kappa shape index (κ3) is 6.98. The number of aryl methyl sites for hydroxylation is 3. The summed E-state index contributed by atoms with van der Waals surface area (Å²) in [5.74, 6) is -0.266. The van der Waals surface area contributed by atoms with Gasteiger partial charge in [0, 0.05) is 12.8 Å². The highest BCUT2D eigenvalue weighted by Gasteiger charge is 2.07. The Labute approximate surface area is 175 Å². The number of thiazole rings is 1. The second kappa shape index (κ2) is 10.7. The van der Waals surface area contributed by atoms with Crippen molar-refractivity contribution in [3.8, 4) is 0 Å². The van der Waals surface area contributed by atoms with Gasteiger partial charge >= 0.3 is 5.97 Å². The van der Waals surface area contributed by atoms with Crippen LogP contribution in [0.15, 0.2) is 48.5 Å². The van der Waals surface area contributed by atoms with E-state index in [1.807, 2.05) is 49.4 Å². The van der Waals surface area contributed by atoms with Gasteiger partial charge < -0.3 is 10.1 Å². The van der Waals surface area contributed by atoms with E-state index in [4.69, 9.17) is 4.74 Å². The number of rotatable bonds is 10. The van der Waals surface area contributed by atoms with Gasteiger partial charge in [-0.2, -0.15) is 0 Å². The Morgan fingerprint density at radius 2 is 1.83 bits per heavy atom. The van der Waals surface area contributed by atoms with Crippen LogP contribution in [-0.4, -0.2) is 30.0 Å². The zero-order valence-electron chi connectivity index (χ0n) is 16.6. The summed E-state index contributed by atoms with van der Waals surface area (Å²) >= 11 is 1.67. The Hall–Kier alpha value is -2.73. The number of fused-ring (bicyclic) bond motifs is 1. The molecule has 29 heavy (non-hydrogen) atoms. The average molecular weight is 411 g/mol. The number of hydrogen-bond donors (Lipinski definition) is 1. The molecule has 0 saturated heterocycles. The summed E-state index contributed by atoms with van der Waals surface area (Å²) in [5.41, 5.74) is 3.36.